The van der Waals surface area contributed by atoms with Gasteiger partial charge in [-0.2, -0.15) is 16.1 Å². The molecule has 2 N–H and O–H groups in total. The quantitative estimate of drug-likeness (QED) is 0.626. The second-order valence-electron chi connectivity index (χ2n) is 2.94. The maximum Gasteiger partial charge on any atom is 0.166 e. The number of thioether (sulfide) groups is 1. The molecule has 1 aromatic heterocycles. The molecule has 0 aliphatic heterocycles. The zero-order valence-electron chi connectivity index (χ0n) is 8.82. The zero-order valence-corrected chi connectivity index (χ0v) is 11.3. The zero-order chi connectivity index (χ0) is 11.1. The Balaban J connectivity index is 2.13. The molecule has 0 bridgehead atoms. The fourth-order valence-corrected chi connectivity index (χ4v) is 2.65. The molecule has 84 valence electrons. The third kappa shape index (κ3) is 4.81. The number of hydrogen-bond acceptors (Lipinski definition) is 4. The van der Waals surface area contributed by atoms with Crippen molar-refractivity contribution in [1.29, 1.82) is 0 Å². The van der Waals surface area contributed by atoms with Gasteiger partial charge in [0.2, 0.25) is 0 Å². The first kappa shape index (κ1) is 12.7. The van der Waals surface area contributed by atoms with Crippen LogP contribution in [0.5, 0.6) is 0 Å². The second kappa shape index (κ2) is 7.03. The van der Waals surface area contributed by atoms with E-state index in [1.807, 2.05) is 24.2 Å². The summed E-state index contributed by atoms with van der Waals surface area (Å²) in [6, 6.07) is 2.08. The highest BCUT2D eigenvalue weighted by Crippen LogP contribution is 2.26. The van der Waals surface area contributed by atoms with Gasteiger partial charge in [0.05, 0.1) is 5.69 Å². The first-order chi connectivity index (χ1) is 7.24. The van der Waals surface area contributed by atoms with E-state index >= 15 is 0 Å². The molecule has 0 aromatic carbocycles. The molecule has 1 atom stereocenters. The monoisotopic (exact) mass is 261 g/mol. The van der Waals surface area contributed by atoms with E-state index in [4.69, 9.17) is 12.2 Å². The van der Waals surface area contributed by atoms with Crippen molar-refractivity contribution in [2.24, 2.45) is 0 Å². The van der Waals surface area contributed by atoms with Gasteiger partial charge in [0.15, 0.2) is 5.11 Å². The van der Waals surface area contributed by atoms with Gasteiger partial charge < -0.3 is 10.6 Å². The van der Waals surface area contributed by atoms with Crippen molar-refractivity contribution in [3.05, 3.63) is 17.1 Å². The van der Waals surface area contributed by atoms with E-state index in [0.29, 0.717) is 10.4 Å². The van der Waals surface area contributed by atoms with E-state index < -0.39 is 0 Å². The molecule has 0 amide bonds. The summed E-state index contributed by atoms with van der Waals surface area (Å²) in [6.07, 6.45) is 0. The van der Waals surface area contributed by atoms with Crippen LogP contribution in [-0.4, -0.2) is 28.8 Å². The van der Waals surface area contributed by atoms with Crippen LogP contribution in [0.2, 0.25) is 0 Å². The summed E-state index contributed by atoms with van der Waals surface area (Å²) in [5.74, 6) is 1.03. The Morgan fingerprint density at radius 1 is 1.73 bits per heavy atom. The van der Waals surface area contributed by atoms with Crippen LogP contribution >= 0.6 is 35.5 Å². The Kier molecular flexibility index (Phi) is 5.97. The van der Waals surface area contributed by atoms with Crippen LogP contribution in [-0.2, 0) is 0 Å². The molecule has 1 heterocycles. The highest BCUT2D eigenvalue weighted by Gasteiger charge is 2.07. The largest absolute Gasteiger partial charge is 0.366 e. The number of nitrogens with one attached hydrogen (secondary N) is 2. The minimum Gasteiger partial charge on any atom is -0.366 e. The summed E-state index contributed by atoms with van der Waals surface area (Å²) < 4.78 is 4.31. The van der Waals surface area contributed by atoms with Crippen molar-refractivity contribution in [2.45, 2.75) is 12.2 Å². The molecule has 0 radical (unpaired) electrons. The Hall–Kier alpha value is -0.330. The summed E-state index contributed by atoms with van der Waals surface area (Å²) in [7, 11) is 1.82. The summed E-state index contributed by atoms with van der Waals surface area (Å²) in [6.45, 7) is 3.06. The van der Waals surface area contributed by atoms with E-state index in [9.17, 15) is 0 Å². The van der Waals surface area contributed by atoms with Crippen LogP contribution in [0, 0.1) is 0 Å². The lowest BCUT2D eigenvalue weighted by Gasteiger charge is -2.09. The maximum absolute atomic E-state index is 4.97. The van der Waals surface area contributed by atoms with Crippen molar-refractivity contribution in [3.8, 4) is 0 Å². The summed E-state index contributed by atoms with van der Waals surface area (Å²) >= 11 is 8.36. The first-order valence-electron chi connectivity index (χ1n) is 4.71. The lowest BCUT2D eigenvalue weighted by Crippen LogP contribution is -2.33. The summed E-state index contributed by atoms with van der Waals surface area (Å²) in [4.78, 5) is 0. The Labute approximate surface area is 104 Å². The van der Waals surface area contributed by atoms with Crippen molar-refractivity contribution in [2.75, 3.05) is 19.3 Å². The van der Waals surface area contributed by atoms with E-state index in [1.165, 1.54) is 17.2 Å². The van der Waals surface area contributed by atoms with Crippen LogP contribution in [0.25, 0.3) is 0 Å². The molecule has 0 aliphatic rings. The van der Waals surface area contributed by atoms with Crippen molar-refractivity contribution < 1.29 is 0 Å². The van der Waals surface area contributed by atoms with Crippen molar-refractivity contribution >= 4 is 40.6 Å². The SMILES string of the molecule is CNC(=S)NCCSC(C)c1ccsn1. The minimum atomic E-state index is 0.459. The lowest BCUT2D eigenvalue weighted by molar-refractivity contribution is 0.937. The molecule has 1 rings (SSSR count). The van der Waals surface area contributed by atoms with E-state index in [-0.39, 0.29) is 0 Å². The summed E-state index contributed by atoms with van der Waals surface area (Å²) in [5.41, 5.74) is 1.17. The molecule has 0 aliphatic carbocycles. The second-order valence-corrected chi connectivity index (χ2v) is 5.47. The Morgan fingerprint density at radius 3 is 3.13 bits per heavy atom. The number of thiocarbonyl (C=S) groups is 1. The van der Waals surface area contributed by atoms with Gasteiger partial charge in [0.25, 0.3) is 0 Å². The fraction of sp³-hybridized carbons (Fsp3) is 0.556. The van der Waals surface area contributed by atoms with E-state index in [0.717, 1.165) is 12.3 Å². The van der Waals surface area contributed by atoms with Crippen LogP contribution in [0.1, 0.15) is 17.9 Å². The van der Waals surface area contributed by atoms with Gasteiger partial charge in [-0.15, -0.1) is 0 Å². The Morgan fingerprint density at radius 2 is 2.53 bits per heavy atom. The topological polar surface area (TPSA) is 37.0 Å². The molecule has 0 saturated carbocycles. The molecular weight excluding hydrogens is 246 g/mol. The maximum atomic E-state index is 4.97. The van der Waals surface area contributed by atoms with Gasteiger partial charge in [-0.1, -0.05) is 0 Å². The van der Waals surface area contributed by atoms with Gasteiger partial charge in [-0.05, 0) is 36.7 Å². The van der Waals surface area contributed by atoms with Gasteiger partial charge in [0.1, 0.15) is 0 Å². The number of aromatic nitrogens is 1. The molecule has 0 spiro atoms. The third-order valence-electron chi connectivity index (χ3n) is 1.86. The molecular formula is C9H15N3S3. The van der Waals surface area contributed by atoms with Crippen LogP contribution < -0.4 is 10.6 Å². The standard InChI is InChI=1S/C9H15N3S3/c1-7(8-3-5-15-12-8)14-6-4-11-9(13)10-2/h3,5,7H,4,6H2,1-2H3,(H2,10,11,13). The predicted octanol–water partition coefficient (Wildman–Crippen LogP) is 2.03. The van der Waals surface area contributed by atoms with E-state index in [2.05, 4.69) is 28.0 Å². The average molecular weight is 261 g/mol. The highest BCUT2D eigenvalue weighted by molar-refractivity contribution is 7.99. The molecule has 0 fully saturated rings. The normalized spacial score (nSPS) is 12.1. The van der Waals surface area contributed by atoms with Crippen LogP contribution in [0.4, 0.5) is 0 Å². The Bertz CT molecular complexity index is 287. The molecule has 3 nitrogen and oxygen atoms in total. The molecule has 1 aromatic rings. The minimum absolute atomic E-state index is 0.459. The predicted molar refractivity (Wildman–Crippen MR) is 72.6 cm³/mol. The van der Waals surface area contributed by atoms with Crippen LogP contribution in [0.3, 0.4) is 0 Å². The van der Waals surface area contributed by atoms with Crippen molar-refractivity contribution in [3.63, 3.8) is 0 Å². The van der Waals surface area contributed by atoms with Crippen LogP contribution in [0.15, 0.2) is 11.4 Å². The van der Waals surface area contributed by atoms with Gasteiger partial charge in [0, 0.05) is 30.0 Å². The lowest BCUT2D eigenvalue weighted by atomic mass is 10.3. The number of nitrogens with zero attached hydrogens (tertiary/aromatic N) is 1. The number of rotatable bonds is 5. The molecule has 6 heteroatoms. The first-order valence-corrected chi connectivity index (χ1v) is 7.01. The van der Waals surface area contributed by atoms with E-state index in [1.54, 1.807) is 0 Å². The smallest absolute Gasteiger partial charge is 0.166 e. The fourth-order valence-electron chi connectivity index (χ4n) is 1.01. The van der Waals surface area contributed by atoms with Crippen molar-refractivity contribution in [1.82, 2.24) is 15.0 Å². The van der Waals surface area contributed by atoms with Gasteiger partial charge in [-0.3, -0.25) is 0 Å². The molecule has 1 unspecified atom stereocenters. The molecule has 0 saturated heterocycles. The summed E-state index contributed by atoms with van der Waals surface area (Å²) in [5, 5.41) is 9.18. The third-order valence-corrected chi connectivity index (χ3v) is 3.96. The van der Waals surface area contributed by atoms with Gasteiger partial charge in [-0.25, -0.2) is 0 Å². The molecule has 15 heavy (non-hydrogen) atoms. The average Bonchev–Trinajstić information content (AvgIpc) is 2.77. The van der Waals surface area contributed by atoms with Gasteiger partial charge >= 0.3 is 0 Å². The highest BCUT2D eigenvalue weighted by atomic mass is 32.2. The number of hydrogen-bond donors (Lipinski definition) is 2.